The van der Waals surface area contributed by atoms with Gasteiger partial charge in [-0.2, -0.15) is 8.78 Å². The zero-order chi connectivity index (χ0) is 14.2. The molecule has 0 unspecified atom stereocenters. The molecular weight excluding hydrogens is 278 g/mol. The summed E-state index contributed by atoms with van der Waals surface area (Å²) in [5.41, 5.74) is -0.237. The Labute approximate surface area is 112 Å². The van der Waals surface area contributed by atoms with E-state index in [-0.39, 0.29) is 5.69 Å². The number of benzene rings is 1. The molecule has 7 heteroatoms. The van der Waals surface area contributed by atoms with Gasteiger partial charge < -0.3 is 4.74 Å². The third-order valence-corrected chi connectivity index (χ3v) is 3.01. The number of imidazole rings is 1. The monoisotopic (exact) mass is 288 g/mol. The van der Waals surface area contributed by atoms with Gasteiger partial charge in [0.1, 0.15) is 5.75 Å². The predicted octanol–water partition coefficient (Wildman–Crippen LogP) is 3.00. The fourth-order valence-corrected chi connectivity index (χ4v) is 2.05. The molecule has 0 atom stereocenters. The van der Waals surface area contributed by atoms with E-state index in [1.165, 1.54) is 26.3 Å². The summed E-state index contributed by atoms with van der Waals surface area (Å²) in [7, 11) is 1.46. The van der Waals surface area contributed by atoms with Crippen molar-refractivity contribution in [2.75, 3.05) is 7.11 Å². The molecule has 2 aromatic rings. The van der Waals surface area contributed by atoms with Crippen molar-refractivity contribution in [3.63, 3.8) is 0 Å². The third kappa shape index (κ3) is 2.35. The van der Waals surface area contributed by atoms with Crippen LogP contribution in [0.2, 0.25) is 5.02 Å². The highest BCUT2D eigenvalue weighted by Gasteiger charge is 2.17. The second-order valence-electron chi connectivity index (χ2n) is 3.89. The molecule has 0 radical (unpaired) electrons. The van der Waals surface area contributed by atoms with E-state index in [0.29, 0.717) is 21.0 Å². The molecule has 0 aliphatic heterocycles. The SMILES string of the molecule is COc1ccc(-n2cc(C)n(C(F)F)c2=O)cc1Cl. The molecule has 1 heterocycles. The first-order chi connectivity index (χ1) is 8.95. The second-order valence-corrected chi connectivity index (χ2v) is 4.30. The van der Waals surface area contributed by atoms with Gasteiger partial charge in [-0.3, -0.25) is 4.57 Å². The lowest BCUT2D eigenvalue weighted by Crippen LogP contribution is -2.24. The maximum Gasteiger partial charge on any atom is 0.337 e. The number of halogens is 3. The zero-order valence-corrected chi connectivity index (χ0v) is 11.0. The molecule has 0 saturated heterocycles. The number of hydrogen-bond donors (Lipinski definition) is 0. The number of nitrogens with zero attached hydrogens (tertiary/aromatic N) is 2. The van der Waals surface area contributed by atoms with Crippen LogP contribution >= 0.6 is 11.6 Å². The largest absolute Gasteiger partial charge is 0.495 e. The number of alkyl halides is 2. The lowest BCUT2D eigenvalue weighted by Gasteiger charge is -2.06. The molecule has 0 amide bonds. The van der Waals surface area contributed by atoms with Crippen LogP contribution in [0.5, 0.6) is 5.75 Å². The molecule has 4 nitrogen and oxygen atoms in total. The van der Waals surface area contributed by atoms with Crippen molar-refractivity contribution in [3.05, 3.63) is 45.6 Å². The summed E-state index contributed by atoms with van der Waals surface area (Å²) in [5, 5.41) is 0.300. The highest BCUT2D eigenvalue weighted by atomic mass is 35.5. The standard InChI is InChI=1S/C12H11ClF2N2O2/c1-7-6-16(12(18)17(7)11(14)15)8-3-4-10(19-2)9(13)5-8/h3-6,11H,1-2H3. The normalized spacial score (nSPS) is 11.1. The number of methoxy groups -OCH3 is 1. The summed E-state index contributed by atoms with van der Waals surface area (Å²) in [6, 6.07) is 4.62. The summed E-state index contributed by atoms with van der Waals surface area (Å²) < 4.78 is 32.0. The van der Waals surface area contributed by atoms with Crippen molar-refractivity contribution in [2.24, 2.45) is 0 Å². The van der Waals surface area contributed by atoms with Crippen LogP contribution in [-0.2, 0) is 0 Å². The maximum atomic E-state index is 12.7. The molecule has 2 rings (SSSR count). The average molecular weight is 289 g/mol. The topological polar surface area (TPSA) is 36.2 Å². The minimum atomic E-state index is -2.87. The van der Waals surface area contributed by atoms with Gasteiger partial charge in [-0.05, 0) is 25.1 Å². The predicted molar refractivity (Wildman–Crippen MR) is 67.6 cm³/mol. The van der Waals surface area contributed by atoms with E-state index in [4.69, 9.17) is 16.3 Å². The second kappa shape index (κ2) is 5.05. The fraction of sp³-hybridized carbons (Fsp3) is 0.250. The molecule has 1 aromatic heterocycles. The molecule has 0 saturated carbocycles. The fourth-order valence-electron chi connectivity index (χ4n) is 1.80. The molecule has 102 valence electrons. The van der Waals surface area contributed by atoms with Crippen molar-refractivity contribution in [1.29, 1.82) is 0 Å². The van der Waals surface area contributed by atoms with Gasteiger partial charge in [0.25, 0.3) is 0 Å². The quantitative estimate of drug-likeness (QED) is 0.870. The van der Waals surface area contributed by atoms with E-state index in [1.807, 2.05) is 0 Å². The van der Waals surface area contributed by atoms with Crippen molar-refractivity contribution >= 4 is 11.6 Å². The van der Waals surface area contributed by atoms with Gasteiger partial charge >= 0.3 is 12.2 Å². The zero-order valence-electron chi connectivity index (χ0n) is 10.2. The van der Waals surface area contributed by atoms with Crippen LogP contribution in [0, 0.1) is 6.92 Å². The number of aryl methyl sites for hydroxylation is 1. The van der Waals surface area contributed by atoms with Gasteiger partial charge in [0.2, 0.25) is 0 Å². The highest BCUT2D eigenvalue weighted by Crippen LogP contribution is 2.26. The molecule has 0 spiro atoms. The minimum absolute atomic E-state index is 0.173. The van der Waals surface area contributed by atoms with Crippen molar-refractivity contribution < 1.29 is 13.5 Å². The first-order valence-corrected chi connectivity index (χ1v) is 5.76. The Morgan fingerprint density at radius 1 is 1.37 bits per heavy atom. The Hall–Kier alpha value is -1.82. The van der Waals surface area contributed by atoms with Crippen molar-refractivity contribution in [2.45, 2.75) is 13.5 Å². The van der Waals surface area contributed by atoms with Gasteiger partial charge in [-0.1, -0.05) is 11.6 Å². The Bertz CT molecular complexity index is 664. The van der Waals surface area contributed by atoms with E-state index in [9.17, 15) is 13.6 Å². The van der Waals surface area contributed by atoms with E-state index in [0.717, 1.165) is 4.57 Å². The molecule has 19 heavy (non-hydrogen) atoms. The van der Waals surface area contributed by atoms with Crippen LogP contribution in [-0.4, -0.2) is 16.2 Å². The first kappa shape index (κ1) is 13.6. The molecule has 0 aliphatic carbocycles. The van der Waals surface area contributed by atoms with Gasteiger partial charge in [-0.15, -0.1) is 0 Å². The Morgan fingerprint density at radius 3 is 2.53 bits per heavy atom. The van der Waals surface area contributed by atoms with Crippen LogP contribution in [0.1, 0.15) is 12.2 Å². The van der Waals surface area contributed by atoms with Gasteiger partial charge in [0.15, 0.2) is 0 Å². The van der Waals surface area contributed by atoms with E-state index in [2.05, 4.69) is 0 Å². The lowest BCUT2D eigenvalue weighted by molar-refractivity contribution is 0.0643. The molecule has 0 bridgehead atoms. The maximum absolute atomic E-state index is 12.7. The summed E-state index contributed by atoms with van der Waals surface area (Å²) >= 11 is 5.95. The van der Waals surface area contributed by atoms with Gasteiger partial charge in [-0.25, -0.2) is 9.36 Å². The van der Waals surface area contributed by atoms with Crippen LogP contribution in [0.3, 0.4) is 0 Å². The first-order valence-electron chi connectivity index (χ1n) is 5.38. The molecule has 0 N–H and O–H groups in total. The highest BCUT2D eigenvalue weighted by molar-refractivity contribution is 6.32. The number of rotatable bonds is 3. The molecular formula is C12H11ClF2N2O2. The molecule has 0 aliphatic rings. The summed E-state index contributed by atoms with van der Waals surface area (Å²) in [6.07, 6.45) is 1.34. The van der Waals surface area contributed by atoms with Crippen LogP contribution < -0.4 is 10.4 Å². The Balaban J connectivity index is 2.57. The van der Waals surface area contributed by atoms with Gasteiger partial charge in [0, 0.05) is 11.9 Å². The van der Waals surface area contributed by atoms with Crippen molar-refractivity contribution in [1.82, 2.24) is 9.13 Å². The minimum Gasteiger partial charge on any atom is -0.495 e. The van der Waals surface area contributed by atoms with E-state index in [1.54, 1.807) is 12.1 Å². The summed E-state index contributed by atoms with van der Waals surface area (Å²) in [4.78, 5) is 11.9. The van der Waals surface area contributed by atoms with Crippen LogP contribution in [0.4, 0.5) is 8.78 Å². The number of aromatic nitrogens is 2. The summed E-state index contributed by atoms with van der Waals surface area (Å²) in [5.74, 6) is 0.448. The third-order valence-electron chi connectivity index (χ3n) is 2.72. The molecule has 0 fully saturated rings. The van der Waals surface area contributed by atoms with Gasteiger partial charge in [0.05, 0.1) is 17.8 Å². The average Bonchev–Trinajstić information content (AvgIpc) is 2.64. The number of hydrogen-bond acceptors (Lipinski definition) is 2. The lowest BCUT2D eigenvalue weighted by atomic mass is 10.3. The van der Waals surface area contributed by atoms with Crippen LogP contribution in [0.25, 0.3) is 5.69 Å². The van der Waals surface area contributed by atoms with Crippen LogP contribution in [0.15, 0.2) is 29.2 Å². The Morgan fingerprint density at radius 2 is 2.05 bits per heavy atom. The summed E-state index contributed by atoms with van der Waals surface area (Å²) in [6.45, 7) is -1.43. The molecule has 1 aromatic carbocycles. The Kier molecular flexibility index (Phi) is 3.61. The van der Waals surface area contributed by atoms with Crippen molar-refractivity contribution in [3.8, 4) is 11.4 Å². The number of ether oxygens (including phenoxy) is 1. The van der Waals surface area contributed by atoms with E-state index < -0.39 is 12.2 Å². The van der Waals surface area contributed by atoms with E-state index >= 15 is 0 Å². The smallest absolute Gasteiger partial charge is 0.337 e.